The van der Waals surface area contributed by atoms with E-state index in [-0.39, 0.29) is 22.9 Å². The maximum atomic E-state index is 12.9. The molecule has 2 fully saturated rings. The molecule has 7 heteroatoms. The van der Waals surface area contributed by atoms with Crippen LogP contribution in [0, 0.1) is 0 Å². The number of halogens is 2. The van der Waals surface area contributed by atoms with Crippen molar-refractivity contribution in [3.05, 3.63) is 57.6 Å². The number of rotatable bonds is 5. The average Bonchev–Trinajstić information content (AvgIpc) is 3.52. The molecule has 2 aliphatic rings. The van der Waals surface area contributed by atoms with Crippen LogP contribution in [-0.4, -0.2) is 30.9 Å². The molecule has 5 nitrogen and oxygen atoms in total. The van der Waals surface area contributed by atoms with Crippen molar-refractivity contribution in [1.82, 2.24) is 5.32 Å². The highest BCUT2D eigenvalue weighted by Gasteiger charge is 2.26. The zero-order valence-corrected chi connectivity index (χ0v) is 17.5. The lowest BCUT2D eigenvalue weighted by Gasteiger charge is -2.30. The van der Waals surface area contributed by atoms with Crippen LogP contribution in [0.15, 0.2) is 36.4 Å². The first-order valence-corrected chi connectivity index (χ1v) is 10.7. The molecule has 0 aromatic heterocycles. The Morgan fingerprint density at radius 1 is 0.897 bits per heavy atom. The zero-order chi connectivity index (χ0) is 20.4. The summed E-state index contributed by atoms with van der Waals surface area (Å²) < 4.78 is 0. The van der Waals surface area contributed by atoms with Crippen molar-refractivity contribution in [1.29, 1.82) is 0 Å². The lowest BCUT2D eigenvalue weighted by molar-refractivity contribution is 0.0950. The Bertz CT molecular complexity index is 938. The summed E-state index contributed by atoms with van der Waals surface area (Å²) in [6.45, 7) is 1.88. The van der Waals surface area contributed by atoms with E-state index in [2.05, 4.69) is 15.5 Å². The number of carbonyl (C=O) groups is 2. The Morgan fingerprint density at radius 2 is 1.66 bits per heavy atom. The van der Waals surface area contributed by atoms with Crippen LogP contribution < -0.4 is 15.5 Å². The van der Waals surface area contributed by atoms with Crippen molar-refractivity contribution in [2.75, 3.05) is 23.3 Å². The van der Waals surface area contributed by atoms with E-state index >= 15 is 0 Å². The largest absolute Gasteiger partial charge is 0.371 e. The fraction of sp³-hybridized carbons (Fsp3) is 0.364. The second-order valence-electron chi connectivity index (χ2n) is 7.61. The van der Waals surface area contributed by atoms with E-state index in [1.165, 1.54) is 12.5 Å². The number of hydrogen-bond acceptors (Lipinski definition) is 3. The van der Waals surface area contributed by atoms with Crippen LogP contribution in [0.25, 0.3) is 0 Å². The normalized spacial score (nSPS) is 16.4. The van der Waals surface area contributed by atoms with Crippen LogP contribution in [0.1, 0.15) is 52.8 Å². The number of amides is 2. The minimum Gasteiger partial charge on any atom is -0.371 e. The fourth-order valence-corrected chi connectivity index (χ4v) is 4.06. The first-order chi connectivity index (χ1) is 14.0. The Hall–Kier alpha value is -2.24. The molecule has 2 amide bonds. The van der Waals surface area contributed by atoms with E-state index < -0.39 is 0 Å². The van der Waals surface area contributed by atoms with Gasteiger partial charge in [0.05, 0.1) is 16.1 Å². The SMILES string of the molecule is O=C(Nc1ccc(N2CCCCC2)c(C(=O)NC2CC2)c1)c1ccc(Cl)cc1Cl. The third-order valence-electron chi connectivity index (χ3n) is 5.28. The third kappa shape index (κ3) is 4.85. The summed E-state index contributed by atoms with van der Waals surface area (Å²) in [4.78, 5) is 27.8. The van der Waals surface area contributed by atoms with Gasteiger partial charge in [0.1, 0.15) is 0 Å². The lowest BCUT2D eigenvalue weighted by atomic mass is 10.1. The van der Waals surface area contributed by atoms with Crippen LogP contribution in [0.2, 0.25) is 10.0 Å². The van der Waals surface area contributed by atoms with Crippen molar-refractivity contribution in [2.24, 2.45) is 0 Å². The molecular weight excluding hydrogens is 409 g/mol. The predicted octanol–water partition coefficient (Wildman–Crippen LogP) is 5.13. The van der Waals surface area contributed by atoms with Crippen LogP contribution in [-0.2, 0) is 0 Å². The van der Waals surface area contributed by atoms with E-state index in [4.69, 9.17) is 23.2 Å². The van der Waals surface area contributed by atoms with Gasteiger partial charge in [-0.2, -0.15) is 0 Å². The summed E-state index contributed by atoms with van der Waals surface area (Å²) in [5, 5.41) is 6.66. The summed E-state index contributed by atoms with van der Waals surface area (Å²) >= 11 is 12.1. The van der Waals surface area contributed by atoms with Gasteiger partial charge in [0.2, 0.25) is 0 Å². The second-order valence-corrected chi connectivity index (χ2v) is 8.45. The zero-order valence-electron chi connectivity index (χ0n) is 16.0. The molecule has 4 rings (SSSR count). The van der Waals surface area contributed by atoms with E-state index in [1.807, 2.05) is 12.1 Å². The van der Waals surface area contributed by atoms with Gasteiger partial charge in [-0.05, 0) is 68.5 Å². The molecule has 2 aromatic carbocycles. The number of nitrogens with one attached hydrogen (secondary N) is 2. The van der Waals surface area contributed by atoms with Crippen molar-refractivity contribution >= 4 is 46.4 Å². The van der Waals surface area contributed by atoms with Crippen molar-refractivity contribution in [2.45, 2.75) is 38.1 Å². The Morgan fingerprint density at radius 3 is 2.34 bits per heavy atom. The van der Waals surface area contributed by atoms with E-state index in [0.29, 0.717) is 21.8 Å². The van der Waals surface area contributed by atoms with Crippen molar-refractivity contribution in [3.63, 3.8) is 0 Å². The lowest BCUT2D eigenvalue weighted by Crippen LogP contribution is -2.33. The average molecular weight is 432 g/mol. The monoisotopic (exact) mass is 431 g/mol. The van der Waals surface area contributed by atoms with Crippen LogP contribution in [0.4, 0.5) is 11.4 Å². The van der Waals surface area contributed by atoms with Crippen LogP contribution in [0.5, 0.6) is 0 Å². The minimum absolute atomic E-state index is 0.0892. The van der Waals surface area contributed by atoms with Crippen LogP contribution >= 0.6 is 23.2 Å². The van der Waals surface area contributed by atoms with Gasteiger partial charge in [0.25, 0.3) is 11.8 Å². The maximum absolute atomic E-state index is 12.9. The van der Waals surface area contributed by atoms with E-state index in [1.54, 1.807) is 18.2 Å². The number of carbonyl (C=O) groups excluding carboxylic acids is 2. The smallest absolute Gasteiger partial charge is 0.257 e. The molecular formula is C22H23Cl2N3O2. The summed E-state index contributed by atoms with van der Waals surface area (Å²) in [6, 6.07) is 10.5. The molecule has 1 aliphatic heterocycles. The molecule has 1 aliphatic carbocycles. The Labute approximate surface area is 180 Å². The fourth-order valence-electron chi connectivity index (χ4n) is 3.57. The highest BCUT2D eigenvalue weighted by Crippen LogP contribution is 2.29. The Balaban J connectivity index is 1.59. The first kappa shape index (κ1) is 20.0. The third-order valence-corrected chi connectivity index (χ3v) is 5.83. The van der Waals surface area contributed by atoms with Gasteiger partial charge in [-0.3, -0.25) is 9.59 Å². The topological polar surface area (TPSA) is 61.4 Å². The predicted molar refractivity (Wildman–Crippen MR) is 117 cm³/mol. The van der Waals surface area contributed by atoms with Gasteiger partial charge < -0.3 is 15.5 Å². The molecule has 0 spiro atoms. The molecule has 0 atom stereocenters. The van der Waals surface area contributed by atoms with E-state index in [0.717, 1.165) is 44.5 Å². The van der Waals surface area contributed by atoms with Gasteiger partial charge in [-0.15, -0.1) is 0 Å². The van der Waals surface area contributed by atoms with Crippen molar-refractivity contribution < 1.29 is 9.59 Å². The number of benzene rings is 2. The first-order valence-electron chi connectivity index (χ1n) is 9.97. The minimum atomic E-state index is -0.342. The molecule has 1 saturated carbocycles. The quantitative estimate of drug-likeness (QED) is 0.689. The van der Waals surface area contributed by atoms with Gasteiger partial charge in [-0.1, -0.05) is 23.2 Å². The van der Waals surface area contributed by atoms with Crippen molar-refractivity contribution in [3.8, 4) is 0 Å². The van der Waals surface area contributed by atoms with Gasteiger partial charge >= 0.3 is 0 Å². The number of piperidine rings is 1. The maximum Gasteiger partial charge on any atom is 0.257 e. The molecule has 0 radical (unpaired) electrons. The number of nitrogens with zero attached hydrogens (tertiary/aromatic N) is 1. The molecule has 2 aromatic rings. The molecule has 2 N–H and O–H groups in total. The Kier molecular flexibility index (Phi) is 5.97. The van der Waals surface area contributed by atoms with Gasteiger partial charge in [-0.25, -0.2) is 0 Å². The highest BCUT2D eigenvalue weighted by atomic mass is 35.5. The molecule has 0 bridgehead atoms. The molecule has 0 unspecified atom stereocenters. The van der Waals surface area contributed by atoms with E-state index in [9.17, 15) is 9.59 Å². The molecule has 152 valence electrons. The van der Waals surface area contributed by atoms with Crippen LogP contribution in [0.3, 0.4) is 0 Å². The summed E-state index contributed by atoms with van der Waals surface area (Å²) in [5.41, 5.74) is 2.41. The summed E-state index contributed by atoms with van der Waals surface area (Å²) in [5.74, 6) is -0.431. The summed E-state index contributed by atoms with van der Waals surface area (Å²) in [6.07, 6.45) is 5.51. The molecule has 29 heavy (non-hydrogen) atoms. The molecule has 1 heterocycles. The number of hydrogen-bond donors (Lipinski definition) is 2. The highest BCUT2D eigenvalue weighted by molar-refractivity contribution is 6.37. The molecule has 1 saturated heterocycles. The van der Waals surface area contributed by atoms with Gasteiger partial charge in [0, 0.05) is 35.5 Å². The van der Waals surface area contributed by atoms with Gasteiger partial charge in [0.15, 0.2) is 0 Å². The standard InChI is InChI=1S/C22H23Cl2N3O2/c23-14-4-8-17(19(24)12-14)21(28)26-16-7-9-20(27-10-2-1-3-11-27)18(13-16)22(29)25-15-5-6-15/h4,7-9,12-13,15H,1-3,5-6,10-11H2,(H,25,29)(H,26,28). The number of anilines is 2. The summed E-state index contributed by atoms with van der Waals surface area (Å²) in [7, 11) is 0. The second kappa shape index (κ2) is 8.64.